The molecular formula is C15H17BrN4O3. The predicted molar refractivity (Wildman–Crippen MR) is 88.8 cm³/mol. The first-order chi connectivity index (χ1) is 11.0. The third-order valence-electron chi connectivity index (χ3n) is 4.08. The Morgan fingerprint density at radius 3 is 2.65 bits per heavy atom. The number of ketones is 1. The number of ether oxygens (including phenoxy) is 1. The molecule has 0 aliphatic carbocycles. The number of methoxy groups -OCH3 is 1. The Kier molecular flexibility index (Phi) is 4.36. The quantitative estimate of drug-likeness (QED) is 0.493. The van der Waals surface area contributed by atoms with Crippen molar-refractivity contribution in [3.8, 4) is 5.75 Å². The molecule has 0 aromatic carbocycles. The van der Waals surface area contributed by atoms with Crippen LogP contribution in [-0.2, 0) is 4.79 Å². The summed E-state index contributed by atoms with van der Waals surface area (Å²) in [5.41, 5.74) is 0.947. The summed E-state index contributed by atoms with van der Waals surface area (Å²) in [7, 11) is 3.51. The van der Waals surface area contributed by atoms with Crippen LogP contribution in [-0.4, -0.2) is 71.8 Å². The molecule has 0 atom stereocenters. The molecular weight excluding hydrogens is 364 g/mol. The average Bonchev–Trinajstić information content (AvgIpc) is 3.00. The van der Waals surface area contributed by atoms with Crippen molar-refractivity contribution in [2.45, 2.75) is 0 Å². The standard InChI is InChI=1S/C15H17BrN4O3/c1-19-3-5-20(6-4-19)15(22)13(21)9-7-17-12-11(9)10(23-2)8-18-14(12)16/h7-8,17H,3-6H2,1-2H3. The molecule has 1 amide bonds. The summed E-state index contributed by atoms with van der Waals surface area (Å²) in [5, 5.41) is 0.571. The number of hydrogen-bond donors (Lipinski definition) is 1. The second kappa shape index (κ2) is 6.29. The van der Waals surface area contributed by atoms with Gasteiger partial charge in [0.1, 0.15) is 10.4 Å². The maximum Gasteiger partial charge on any atom is 0.295 e. The van der Waals surface area contributed by atoms with Gasteiger partial charge in [-0.3, -0.25) is 9.59 Å². The highest BCUT2D eigenvalue weighted by molar-refractivity contribution is 9.10. The van der Waals surface area contributed by atoms with E-state index in [2.05, 4.69) is 30.8 Å². The molecule has 1 fully saturated rings. The molecule has 0 bridgehead atoms. The van der Waals surface area contributed by atoms with Crippen LogP contribution in [0.25, 0.3) is 10.9 Å². The van der Waals surface area contributed by atoms with Gasteiger partial charge in [0.25, 0.3) is 11.7 Å². The van der Waals surface area contributed by atoms with Gasteiger partial charge in [-0.15, -0.1) is 0 Å². The van der Waals surface area contributed by atoms with Gasteiger partial charge in [0.15, 0.2) is 0 Å². The van der Waals surface area contributed by atoms with Crippen molar-refractivity contribution in [2.75, 3.05) is 40.3 Å². The Morgan fingerprint density at radius 2 is 2.00 bits per heavy atom. The molecule has 7 nitrogen and oxygen atoms in total. The number of likely N-dealkylation sites (N-methyl/N-ethyl adjacent to an activating group) is 1. The molecule has 3 rings (SSSR count). The first-order valence-corrected chi connectivity index (χ1v) is 8.04. The van der Waals surface area contributed by atoms with Crippen LogP contribution < -0.4 is 4.74 Å². The zero-order valence-corrected chi connectivity index (χ0v) is 14.5. The van der Waals surface area contributed by atoms with E-state index in [1.165, 1.54) is 19.5 Å². The number of halogens is 1. The maximum absolute atomic E-state index is 12.7. The minimum absolute atomic E-state index is 0.309. The number of H-pyrrole nitrogens is 1. The minimum Gasteiger partial charge on any atom is -0.494 e. The first-order valence-electron chi connectivity index (χ1n) is 7.24. The number of Topliss-reactive ketones (excluding diaryl/α,β-unsaturated/α-hetero) is 1. The lowest BCUT2D eigenvalue weighted by molar-refractivity contribution is -0.127. The van der Waals surface area contributed by atoms with Crippen LogP contribution in [0.3, 0.4) is 0 Å². The van der Waals surface area contributed by atoms with Gasteiger partial charge in [-0.2, -0.15) is 0 Å². The number of rotatable bonds is 3. The molecule has 1 N–H and O–H groups in total. The van der Waals surface area contributed by atoms with Crippen molar-refractivity contribution in [2.24, 2.45) is 0 Å². The lowest BCUT2D eigenvalue weighted by Gasteiger charge is -2.31. The number of aromatic nitrogens is 2. The number of nitrogens with one attached hydrogen (secondary N) is 1. The number of nitrogens with zero attached hydrogens (tertiary/aromatic N) is 3. The zero-order chi connectivity index (χ0) is 16.6. The number of aromatic amines is 1. The van der Waals surface area contributed by atoms with E-state index in [0.717, 1.165) is 13.1 Å². The van der Waals surface area contributed by atoms with Crippen LogP contribution in [0.5, 0.6) is 5.75 Å². The molecule has 0 saturated carbocycles. The molecule has 1 aliphatic rings. The second-order valence-corrected chi connectivity index (χ2v) is 6.25. The van der Waals surface area contributed by atoms with E-state index in [1.807, 2.05) is 7.05 Å². The van der Waals surface area contributed by atoms with Crippen molar-refractivity contribution in [1.29, 1.82) is 0 Å². The second-order valence-electron chi connectivity index (χ2n) is 5.49. The van der Waals surface area contributed by atoms with Crippen molar-refractivity contribution < 1.29 is 14.3 Å². The van der Waals surface area contributed by atoms with Crippen LogP contribution in [0.2, 0.25) is 0 Å². The Morgan fingerprint density at radius 1 is 1.30 bits per heavy atom. The molecule has 0 spiro atoms. The molecule has 3 heterocycles. The predicted octanol–water partition coefficient (Wildman–Crippen LogP) is 1.29. The number of fused-ring (bicyclic) bond motifs is 1. The van der Waals surface area contributed by atoms with Crippen LogP contribution in [0.15, 0.2) is 17.0 Å². The summed E-state index contributed by atoms with van der Waals surface area (Å²) in [6.45, 7) is 2.66. The topological polar surface area (TPSA) is 78.5 Å². The molecule has 23 heavy (non-hydrogen) atoms. The summed E-state index contributed by atoms with van der Waals surface area (Å²) in [5.74, 6) is -0.551. The van der Waals surface area contributed by atoms with Gasteiger partial charge in [0.05, 0.1) is 29.8 Å². The van der Waals surface area contributed by atoms with E-state index in [4.69, 9.17) is 4.74 Å². The average molecular weight is 381 g/mol. The fourth-order valence-corrected chi connectivity index (χ4v) is 3.10. The van der Waals surface area contributed by atoms with Gasteiger partial charge >= 0.3 is 0 Å². The number of piperazine rings is 1. The van der Waals surface area contributed by atoms with Crippen LogP contribution in [0.1, 0.15) is 10.4 Å². The summed E-state index contributed by atoms with van der Waals surface area (Å²) in [6, 6.07) is 0. The lowest BCUT2D eigenvalue weighted by Crippen LogP contribution is -2.49. The van der Waals surface area contributed by atoms with E-state index >= 15 is 0 Å². The highest BCUT2D eigenvalue weighted by atomic mass is 79.9. The summed E-state index contributed by atoms with van der Waals surface area (Å²) >= 11 is 3.33. The molecule has 0 radical (unpaired) electrons. The molecule has 8 heteroatoms. The Balaban J connectivity index is 1.95. The molecule has 1 aliphatic heterocycles. The van der Waals surface area contributed by atoms with Gasteiger partial charge in [0.2, 0.25) is 0 Å². The fourth-order valence-electron chi connectivity index (χ4n) is 2.69. The van der Waals surface area contributed by atoms with Gasteiger partial charge in [-0.25, -0.2) is 4.98 Å². The van der Waals surface area contributed by atoms with Gasteiger partial charge in [0, 0.05) is 32.4 Å². The SMILES string of the molecule is COc1cnc(Br)c2[nH]cc(C(=O)C(=O)N3CCN(C)CC3)c12. The number of carbonyl (C=O) groups is 2. The third kappa shape index (κ3) is 2.84. The van der Waals surface area contributed by atoms with E-state index in [0.29, 0.717) is 39.9 Å². The lowest BCUT2D eigenvalue weighted by atomic mass is 10.1. The largest absolute Gasteiger partial charge is 0.494 e. The monoisotopic (exact) mass is 380 g/mol. The number of carbonyl (C=O) groups excluding carboxylic acids is 2. The summed E-state index contributed by atoms with van der Waals surface area (Å²) < 4.78 is 5.85. The minimum atomic E-state index is -0.530. The van der Waals surface area contributed by atoms with Crippen molar-refractivity contribution in [3.05, 3.63) is 22.6 Å². The van der Waals surface area contributed by atoms with E-state index in [1.54, 1.807) is 4.90 Å². The maximum atomic E-state index is 12.7. The Bertz CT molecular complexity index is 765. The number of hydrogen-bond acceptors (Lipinski definition) is 5. The van der Waals surface area contributed by atoms with Crippen LogP contribution >= 0.6 is 15.9 Å². The summed E-state index contributed by atoms with van der Waals surface area (Å²) in [6.07, 6.45) is 3.06. The third-order valence-corrected chi connectivity index (χ3v) is 4.68. The fraction of sp³-hybridized carbons (Fsp3) is 0.400. The number of pyridine rings is 1. The Hall–Kier alpha value is -1.93. The van der Waals surface area contributed by atoms with E-state index < -0.39 is 11.7 Å². The van der Waals surface area contributed by atoms with Gasteiger partial charge < -0.3 is 19.5 Å². The smallest absolute Gasteiger partial charge is 0.295 e. The van der Waals surface area contributed by atoms with Crippen molar-refractivity contribution >= 4 is 38.5 Å². The normalized spacial score (nSPS) is 15.9. The summed E-state index contributed by atoms with van der Waals surface area (Å²) in [4.78, 5) is 36.0. The number of amides is 1. The highest BCUT2D eigenvalue weighted by Crippen LogP contribution is 2.32. The van der Waals surface area contributed by atoms with E-state index in [-0.39, 0.29) is 0 Å². The van der Waals surface area contributed by atoms with E-state index in [9.17, 15) is 9.59 Å². The highest BCUT2D eigenvalue weighted by Gasteiger charge is 2.29. The molecule has 0 unspecified atom stereocenters. The first kappa shape index (κ1) is 15.9. The van der Waals surface area contributed by atoms with Crippen LogP contribution in [0.4, 0.5) is 0 Å². The van der Waals surface area contributed by atoms with Gasteiger partial charge in [-0.05, 0) is 23.0 Å². The molecule has 1 saturated heterocycles. The molecule has 2 aromatic rings. The zero-order valence-electron chi connectivity index (χ0n) is 12.9. The molecule has 2 aromatic heterocycles. The Labute approximate surface area is 141 Å². The van der Waals surface area contributed by atoms with Crippen molar-refractivity contribution in [3.63, 3.8) is 0 Å². The molecule has 122 valence electrons. The van der Waals surface area contributed by atoms with Crippen LogP contribution in [0, 0.1) is 0 Å². The van der Waals surface area contributed by atoms with Crippen molar-refractivity contribution in [1.82, 2.24) is 19.8 Å². The van der Waals surface area contributed by atoms with Gasteiger partial charge in [-0.1, -0.05) is 0 Å².